The van der Waals surface area contributed by atoms with Crippen LogP contribution in [0.25, 0.3) is 10.9 Å². The first-order valence-electron chi connectivity index (χ1n) is 16.1. The molecule has 2 saturated heterocycles. The maximum Gasteiger partial charge on any atom is 0.246 e. The number of ether oxygens (including phenoxy) is 1. The van der Waals surface area contributed by atoms with Gasteiger partial charge in [-0.3, -0.25) is 19.7 Å². The molecule has 4 aromatic rings. The molecule has 3 heterocycles. The summed E-state index contributed by atoms with van der Waals surface area (Å²) in [6, 6.07) is 22.2. The number of carbonyl (C=O) groups excluding carboxylic acids is 3. The number of aromatic nitrogens is 1. The minimum atomic E-state index is -1.17. The Hall–Kier alpha value is -4.81. The van der Waals surface area contributed by atoms with Gasteiger partial charge in [0.05, 0.1) is 25.7 Å². The molecule has 250 valence electrons. The van der Waals surface area contributed by atoms with Crippen LogP contribution in [0, 0.1) is 0 Å². The number of hydrogen-bond acceptors (Lipinski definition) is 8. The van der Waals surface area contributed by atoms with Gasteiger partial charge in [0.1, 0.15) is 18.0 Å². The van der Waals surface area contributed by atoms with E-state index in [1.165, 1.54) is 0 Å². The normalized spacial score (nSPS) is 19.4. The number of para-hydroxylation sites is 1. The van der Waals surface area contributed by atoms with Gasteiger partial charge in [0, 0.05) is 50.2 Å². The van der Waals surface area contributed by atoms with Crippen LogP contribution >= 0.6 is 0 Å². The molecule has 2 N–H and O–H groups in total. The first kappa shape index (κ1) is 33.1. The first-order chi connectivity index (χ1) is 23.2. The van der Waals surface area contributed by atoms with E-state index < -0.39 is 18.6 Å². The fourth-order valence-corrected chi connectivity index (χ4v) is 6.98. The smallest absolute Gasteiger partial charge is 0.246 e. The summed E-state index contributed by atoms with van der Waals surface area (Å²) in [5.74, 6) is 0.284. The van der Waals surface area contributed by atoms with E-state index >= 15 is 0 Å². The van der Waals surface area contributed by atoms with Gasteiger partial charge in [0.15, 0.2) is 12.1 Å². The average Bonchev–Trinajstić information content (AvgIpc) is 3.44. The van der Waals surface area contributed by atoms with E-state index in [-0.39, 0.29) is 43.7 Å². The van der Waals surface area contributed by atoms with Gasteiger partial charge in [-0.25, -0.2) is 5.01 Å². The molecule has 0 bridgehead atoms. The van der Waals surface area contributed by atoms with E-state index in [0.717, 1.165) is 27.6 Å². The van der Waals surface area contributed by atoms with E-state index in [1.807, 2.05) is 90.6 Å². The maximum absolute atomic E-state index is 14.5. The average molecular weight is 651 g/mol. The fourth-order valence-electron chi connectivity index (χ4n) is 6.98. The van der Waals surface area contributed by atoms with Crippen molar-refractivity contribution < 1.29 is 24.2 Å². The minimum absolute atomic E-state index is 0.0184. The summed E-state index contributed by atoms with van der Waals surface area (Å²) in [7, 11) is 3.50. The molecule has 2 amide bonds. The number of nitrogens with one attached hydrogen (secondary N) is 1. The first-order valence-corrected chi connectivity index (χ1v) is 16.1. The second-order valence-corrected chi connectivity index (χ2v) is 12.3. The highest BCUT2D eigenvalue weighted by atomic mass is 16.5. The predicted molar refractivity (Wildman–Crippen MR) is 182 cm³/mol. The van der Waals surface area contributed by atoms with Gasteiger partial charge in [-0.05, 0) is 35.7 Å². The van der Waals surface area contributed by atoms with E-state index in [0.29, 0.717) is 24.4 Å². The predicted octanol–water partition coefficient (Wildman–Crippen LogP) is 3.28. The van der Waals surface area contributed by atoms with Crippen molar-refractivity contribution in [1.82, 2.24) is 29.7 Å². The summed E-state index contributed by atoms with van der Waals surface area (Å²) in [6.45, 7) is 6.56. The third-order valence-electron chi connectivity index (χ3n) is 9.21. The highest BCUT2D eigenvalue weighted by Crippen LogP contribution is 2.32. The van der Waals surface area contributed by atoms with Crippen molar-refractivity contribution in [3.8, 4) is 5.75 Å². The second kappa shape index (κ2) is 14.1. The number of Topliss-reactive ketones (excluding diaryl/α,β-unsaturated/α-hetero) is 1. The minimum Gasteiger partial charge on any atom is -0.497 e. The number of rotatable bonds is 12. The van der Waals surface area contributed by atoms with Crippen LogP contribution < -0.4 is 10.1 Å². The third-order valence-corrected chi connectivity index (χ3v) is 9.21. The summed E-state index contributed by atoms with van der Waals surface area (Å²) < 4.78 is 7.27. The number of aliphatic hydroxyl groups is 1. The van der Waals surface area contributed by atoms with Crippen LogP contribution in [-0.2, 0) is 36.1 Å². The molecule has 1 aromatic heterocycles. The van der Waals surface area contributed by atoms with Crippen molar-refractivity contribution in [3.05, 3.63) is 114 Å². The van der Waals surface area contributed by atoms with Crippen LogP contribution in [-0.4, -0.2) is 92.4 Å². The number of carbonyl (C=O) groups is 3. The zero-order valence-electron chi connectivity index (χ0n) is 27.6. The van der Waals surface area contributed by atoms with Gasteiger partial charge in [-0.15, -0.1) is 6.58 Å². The van der Waals surface area contributed by atoms with Crippen molar-refractivity contribution >= 4 is 28.5 Å². The molecule has 11 heteroatoms. The molecular weight excluding hydrogens is 608 g/mol. The molecule has 48 heavy (non-hydrogen) atoms. The number of piperazine rings is 1. The number of ketones is 1. The van der Waals surface area contributed by atoms with Crippen LogP contribution in [0.4, 0.5) is 0 Å². The third kappa shape index (κ3) is 6.50. The van der Waals surface area contributed by atoms with Gasteiger partial charge in [-0.1, -0.05) is 66.7 Å². The van der Waals surface area contributed by atoms with E-state index in [9.17, 15) is 19.5 Å². The van der Waals surface area contributed by atoms with Crippen molar-refractivity contribution in [1.29, 1.82) is 0 Å². The van der Waals surface area contributed by atoms with Crippen LogP contribution in [0.1, 0.15) is 34.0 Å². The van der Waals surface area contributed by atoms with Crippen LogP contribution in [0.3, 0.4) is 0 Å². The molecule has 3 unspecified atom stereocenters. The number of benzene rings is 3. The van der Waals surface area contributed by atoms with E-state index in [1.54, 1.807) is 39.9 Å². The van der Waals surface area contributed by atoms with E-state index in [4.69, 9.17) is 4.74 Å². The molecule has 3 atom stereocenters. The molecule has 0 radical (unpaired) electrons. The fraction of sp³-hybridized carbons (Fsp3) is 0.324. The molecule has 2 aliphatic rings. The Bertz CT molecular complexity index is 1810. The van der Waals surface area contributed by atoms with Gasteiger partial charge in [0.25, 0.3) is 0 Å². The standard InChI is InChI=1S/C37H42N6O5/c1-5-18-41-24-34(45)42-32(19-26-14-16-29(48-4)17-15-26)36(46)40(21-28-12-9-13-30-31(25(2)44)22-39(3)35(28)30)23-33(42)43(41)37(47)38-20-27-10-7-6-8-11-27/h5-17,22,32-33,37-38,47H,1,18-21,23-24H2,2-4H3. The Morgan fingerprint density at radius 3 is 2.50 bits per heavy atom. The van der Waals surface area contributed by atoms with Gasteiger partial charge in [-0.2, -0.15) is 5.01 Å². The molecule has 6 rings (SSSR count). The maximum atomic E-state index is 14.5. The lowest BCUT2D eigenvalue weighted by Gasteiger charge is -2.56. The number of aliphatic hydroxyl groups excluding tert-OH is 1. The topological polar surface area (TPSA) is 111 Å². The number of amides is 2. The number of nitrogens with zero attached hydrogens (tertiary/aromatic N) is 5. The molecule has 11 nitrogen and oxygen atoms in total. The van der Waals surface area contributed by atoms with E-state index in [2.05, 4.69) is 11.9 Å². The molecule has 0 spiro atoms. The Labute approximate surface area is 280 Å². The quantitative estimate of drug-likeness (QED) is 0.137. The zero-order chi connectivity index (χ0) is 33.9. The Morgan fingerprint density at radius 2 is 1.81 bits per heavy atom. The van der Waals surface area contributed by atoms with Crippen LogP contribution in [0.5, 0.6) is 5.75 Å². The van der Waals surface area contributed by atoms with Crippen LogP contribution in [0.2, 0.25) is 0 Å². The summed E-state index contributed by atoms with van der Waals surface area (Å²) >= 11 is 0. The Kier molecular flexibility index (Phi) is 9.74. The highest BCUT2D eigenvalue weighted by molar-refractivity contribution is 6.07. The monoisotopic (exact) mass is 650 g/mol. The number of hydrazine groups is 1. The van der Waals surface area contributed by atoms with Gasteiger partial charge < -0.3 is 24.2 Å². The number of methoxy groups -OCH3 is 1. The Balaban J connectivity index is 1.39. The molecule has 0 aliphatic carbocycles. The van der Waals surface area contributed by atoms with Crippen molar-refractivity contribution in [2.75, 3.05) is 26.7 Å². The molecule has 2 fully saturated rings. The highest BCUT2D eigenvalue weighted by Gasteiger charge is 2.51. The van der Waals surface area contributed by atoms with Crippen LogP contribution in [0.15, 0.2) is 91.6 Å². The summed E-state index contributed by atoms with van der Waals surface area (Å²) in [5.41, 5.74) is 4.25. The van der Waals surface area contributed by atoms with Crippen molar-refractivity contribution in [2.45, 2.75) is 45.0 Å². The van der Waals surface area contributed by atoms with Crippen molar-refractivity contribution in [3.63, 3.8) is 0 Å². The molecular formula is C37H42N6O5. The molecule has 3 aromatic carbocycles. The largest absolute Gasteiger partial charge is 0.497 e. The summed E-state index contributed by atoms with van der Waals surface area (Å²) in [6.07, 6.45) is 1.96. The number of aryl methyl sites for hydroxylation is 1. The molecule has 0 saturated carbocycles. The van der Waals surface area contributed by atoms with Gasteiger partial charge in [0.2, 0.25) is 11.8 Å². The summed E-state index contributed by atoms with van der Waals surface area (Å²) in [4.78, 5) is 44.3. The SMILES string of the molecule is C=CCN1CC(=O)N2C(Cc3ccc(OC)cc3)C(=O)N(Cc3cccc4c(C(C)=O)cn(C)c34)CC2N1C(O)NCc1ccccc1. The number of hydrogen-bond donors (Lipinski definition) is 2. The van der Waals surface area contributed by atoms with Crippen molar-refractivity contribution in [2.24, 2.45) is 7.05 Å². The molecule has 2 aliphatic heterocycles. The lowest BCUT2D eigenvalue weighted by atomic mass is 9.98. The zero-order valence-corrected chi connectivity index (χ0v) is 27.6. The second-order valence-electron chi connectivity index (χ2n) is 12.3. The number of fused-ring (bicyclic) bond motifs is 2. The lowest BCUT2D eigenvalue weighted by Crippen LogP contribution is -2.77. The van der Waals surface area contributed by atoms with Gasteiger partial charge >= 0.3 is 0 Å². The lowest BCUT2D eigenvalue weighted by molar-refractivity contribution is -0.245. The Morgan fingerprint density at radius 1 is 1.06 bits per heavy atom. The summed E-state index contributed by atoms with van der Waals surface area (Å²) in [5, 5.41) is 19.3.